The highest BCUT2D eigenvalue weighted by Gasteiger charge is 2.25. The van der Waals surface area contributed by atoms with Gasteiger partial charge in [0.05, 0.1) is 5.69 Å². The van der Waals surface area contributed by atoms with Crippen molar-refractivity contribution in [3.05, 3.63) is 46.2 Å². The fourth-order valence-electron chi connectivity index (χ4n) is 2.56. The summed E-state index contributed by atoms with van der Waals surface area (Å²) in [6, 6.07) is 4.77. The highest BCUT2D eigenvalue weighted by molar-refractivity contribution is 7.13. The summed E-state index contributed by atoms with van der Waals surface area (Å²) < 4.78 is 13.5. The van der Waals surface area contributed by atoms with E-state index in [1.165, 1.54) is 6.07 Å². The molecule has 1 aromatic heterocycles. The number of carbonyl (C=O) groups excluding carboxylic acids is 1. The second kappa shape index (κ2) is 7.02. The van der Waals surface area contributed by atoms with Gasteiger partial charge in [-0.25, -0.2) is 9.37 Å². The molecule has 1 aromatic carbocycles. The molecule has 1 N–H and O–H groups in total. The van der Waals surface area contributed by atoms with E-state index in [9.17, 15) is 9.18 Å². The second-order valence-electron chi connectivity index (χ2n) is 5.89. The number of aromatic nitrogens is 1. The van der Waals surface area contributed by atoms with E-state index < -0.39 is 0 Å². The van der Waals surface area contributed by atoms with Gasteiger partial charge in [0.15, 0.2) is 5.13 Å². The summed E-state index contributed by atoms with van der Waals surface area (Å²) in [5.41, 5.74) is 2.08. The zero-order chi connectivity index (χ0) is 17.1. The van der Waals surface area contributed by atoms with Crippen LogP contribution in [-0.4, -0.2) is 30.0 Å². The third-order valence-electron chi connectivity index (χ3n) is 3.89. The SMILES string of the molecule is Cc1csc(N2CCC(NC(=O)C#Cc3ccc(C)c(F)c3)C2)n1. The highest BCUT2D eigenvalue weighted by atomic mass is 32.1. The molecule has 0 aliphatic carbocycles. The fourth-order valence-corrected chi connectivity index (χ4v) is 3.40. The molecule has 1 atom stereocenters. The first kappa shape index (κ1) is 16.5. The molecule has 2 heterocycles. The normalized spacial score (nSPS) is 16.6. The quantitative estimate of drug-likeness (QED) is 0.853. The molecule has 124 valence electrons. The lowest BCUT2D eigenvalue weighted by molar-refractivity contribution is -0.116. The van der Waals surface area contributed by atoms with Crippen LogP contribution in [0.5, 0.6) is 0 Å². The van der Waals surface area contributed by atoms with Gasteiger partial charge in [0.25, 0.3) is 5.91 Å². The lowest BCUT2D eigenvalue weighted by atomic mass is 10.1. The molecule has 1 unspecified atom stereocenters. The molecule has 0 saturated carbocycles. The van der Waals surface area contributed by atoms with Gasteiger partial charge in [-0.05, 0) is 38.0 Å². The third kappa shape index (κ3) is 3.92. The van der Waals surface area contributed by atoms with E-state index in [1.54, 1.807) is 30.4 Å². The van der Waals surface area contributed by atoms with Crippen molar-refractivity contribution < 1.29 is 9.18 Å². The van der Waals surface area contributed by atoms with Crippen molar-refractivity contribution in [1.29, 1.82) is 0 Å². The Bertz CT molecular complexity index is 821. The number of hydrogen-bond acceptors (Lipinski definition) is 4. The molecule has 2 aromatic rings. The molecular formula is C18H18FN3OS. The molecule has 24 heavy (non-hydrogen) atoms. The van der Waals surface area contributed by atoms with Crippen molar-refractivity contribution in [1.82, 2.24) is 10.3 Å². The average Bonchev–Trinajstić information content (AvgIpc) is 3.17. The second-order valence-corrected chi connectivity index (χ2v) is 6.73. The topological polar surface area (TPSA) is 45.2 Å². The Labute approximate surface area is 144 Å². The van der Waals surface area contributed by atoms with Crippen molar-refractivity contribution in [3.8, 4) is 11.8 Å². The van der Waals surface area contributed by atoms with E-state index in [0.29, 0.717) is 11.1 Å². The number of thiazole rings is 1. The summed E-state index contributed by atoms with van der Waals surface area (Å²) >= 11 is 1.62. The number of amides is 1. The van der Waals surface area contributed by atoms with Crippen molar-refractivity contribution in [2.24, 2.45) is 0 Å². The minimum Gasteiger partial charge on any atom is -0.346 e. The van der Waals surface area contributed by atoms with Crippen LogP contribution in [0.25, 0.3) is 0 Å². The van der Waals surface area contributed by atoms with Gasteiger partial charge in [-0.1, -0.05) is 12.0 Å². The Hall–Kier alpha value is -2.39. The molecule has 0 bridgehead atoms. The Kier molecular flexibility index (Phi) is 4.81. The number of nitrogens with zero attached hydrogens (tertiary/aromatic N) is 2. The standard InChI is InChI=1S/C18H18FN3OS/c1-12-3-4-14(9-16(12)19)5-6-17(23)21-15-7-8-22(10-15)18-20-13(2)11-24-18/h3-4,9,11,15H,7-8,10H2,1-2H3,(H,21,23). The van der Waals surface area contributed by atoms with Crippen LogP contribution in [0.3, 0.4) is 0 Å². The molecule has 3 rings (SSSR count). The maximum atomic E-state index is 13.5. The van der Waals surface area contributed by atoms with Gasteiger partial charge < -0.3 is 10.2 Å². The number of anilines is 1. The van der Waals surface area contributed by atoms with Crippen LogP contribution in [-0.2, 0) is 4.79 Å². The third-order valence-corrected chi connectivity index (χ3v) is 4.91. The van der Waals surface area contributed by atoms with Crippen LogP contribution >= 0.6 is 11.3 Å². The molecule has 1 fully saturated rings. The van der Waals surface area contributed by atoms with Gasteiger partial charge >= 0.3 is 0 Å². The van der Waals surface area contributed by atoms with Gasteiger partial charge in [-0.15, -0.1) is 11.3 Å². The molecule has 1 amide bonds. The molecule has 4 nitrogen and oxygen atoms in total. The lowest BCUT2D eigenvalue weighted by Crippen LogP contribution is -2.36. The first-order valence-electron chi connectivity index (χ1n) is 7.77. The summed E-state index contributed by atoms with van der Waals surface area (Å²) in [5.74, 6) is 4.59. The minimum absolute atomic E-state index is 0.0609. The monoisotopic (exact) mass is 343 g/mol. The summed E-state index contributed by atoms with van der Waals surface area (Å²) in [4.78, 5) is 18.6. The number of rotatable bonds is 2. The number of halogens is 1. The Morgan fingerprint density at radius 2 is 2.29 bits per heavy atom. The number of nitrogens with one attached hydrogen (secondary N) is 1. The fraction of sp³-hybridized carbons (Fsp3) is 0.333. The zero-order valence-corrected chi connectivity index (χ0v) is 14.4. The van der Waals surface area contributed by atoms with Crippen LogP contribution in [0.1, 0.15) is 23.2 Å². The number of benzene rings is 1. The van der Waals surface area contributed by atoms with Gasteiger partial charge in [0, 0.05) is 36.0 Å². The summed E-state index contributed by atoms with van der Waals surface area (Å²) in [6.07, 6.45) is 0.866. The largest absolute Gasteiger partial charge is 0.346 e. The van der Waals surface area contributed by atoms with E-state index >= 15 is 0 Å². The van der Waals surface area contributed by atoms with Crippen LogP contribution in [0.2, 0.25) is 0 Å². The highest BCUT2D eigenvalue weighted by Crippen LogP contribution is 2.24. The summed E-state index contributed by atoms with van der Waals surface area (Å²) in [5, 5.41) is 5.92. The maximum Gasteiger partial charge on any atom is 0.296 e. The molecule has 1 aliphatic heterocycles. The van der Waals surface area contributed by atoms with E-state index in [2.05, 4.69) is 27.0 Å². The molecule has 0 spiro atoms. The predicted octanol–water partition coefficient (Wildman–Crippen LogP) is 2.65. The van der Waals surface area contributed by atoms with E-state index in [4.69, 9.17) is 0 Å². The van der Waals surface area contributed by atoms with Crippen molar-refractivity contribution in [3.63, 3.8) is 0 Å². The van der Waals surface area contributed by atoms with Gasteiger partial charge in [-0.3, -0.25) is 4.79 Å². The predicted molar refractivity (Wildman–Crippen MR) is 93.6 cm³/mol. The number of carbonyl (C=O) groups is 1. The van der Waals surface area contributed by atoms with Crippen molar-refractivity contribution in [2.75, 3.05) is 18.0 Å². The van der Waals surface area contributed by atoms with E-state index in [-0.39, 0.29) is 17.8 Å². The minimum atomic E-state index is -0.335. The number of hydrogen-bond donors (Lipinski definition) is 1. The van der Waals surface area contributed by atoms with Crippen molar-refractivity contribution in [2.45, 2.75) is 26.3 Å². The van der Waals surface area contributed by atoms with E-state index in [0.717, 1.165) is 30.3 Å². The maximum absolute atomic E-state index is 13.5. The van der Waals surface area contributed by atoms with Crippen LogP contribution in [0.4, 0.5) is 9.52 Å². The van der Waals surface area contributed by atoms with Gasteiger partial charge in [-0.2, -0.15) is 0 Å². The molecule has 1 saturated heterocycles. The van der Waals surface area contributed by atoms with Gasteiger partial charge in [0.2, 0.25) is 0 Å². The molecular weight excluding hydrogens is 325 g/mol. The molecule has 0 radical (unpaired) electrons. The van der Waals surface area contributed by atoms with Crippen LogP contribution < -0.4 is 10.2 Å². The van der Waals surface area contributed by atoms with E-state index in [1.807, 2.05) is 12.3 Å². The first-order valence-corrected chi connectivity index (χ1v) is 8.65. The number of aryl methyl sites for hydroxylation is 2. The molecule has 1 aliphatic rings. The molecule has 6 heteroatoms. The summed E-state index contributed by atoms with van der Waals surface area (Å²) in [7, 11) is 0. The Morgan fingerprint density at radius 1 is 1.46 bits per heavy atom. The van der Waals surface area contributed by atoms with Crippen molar-refractivity contribution >= 4 is 22.4 Å². The Balaban J connectivity index is 1.56. The van der Waals surface area contributed by atoms with Gasteiger partial charge in [0.1, 0.15) is 5.82 Å². The first-order chi connectivity index (χ1) is 11.5. The summed E-state index contributed by atoms with van der Waals surface area (Å²) in [6.45, 7) is 5.27. The Morgan fingerprint density at radius 3 is 3.00 bits per heavy atom. The average molecular weight is 343 g/mol. The van der Waals surface area contributed by atoms with Crippen LogP contribution in [0.15, 0.2) is 23.6 Å². The van der Waals surface area contributed by atoms with Crippen LogP contribution in [0, 0.1) is 31.5 Å². The smallest absolute Gasteiger partial charge is 0.296 e. The lowest BCUT2D eigenvalue weighted by Gasteiger charge is -2.14. The zero-order valence-electron chi connectivity index (χ0n) is 13.6.